The fourth-order valence-electron chi connectivity index (χ4n) is 2.33. The molecule has 24 heavy (non-hydrogen) atoms. The second-order valence-electron chi connectivity index (χ2n) is 5.62. The van der Waals surface area contributed by atoms with Gasteiger partial charge in [-0.05, 0) is 49.2 Å². The Bertz CT molecular complexity index is 819. The molecule has 0 spiro atoms. The molecule has 2 aromatic carbocycles. The number of nitrogens with one attached hydrogen (secondary N) is 2. The van der Waals surface area contributed by atoms with Gasteiger partial charge in [0.2, 0.25) is 11.8 Å². The van der Waals surface area contributed by atoms with E-state index < -0.39 is 5.41 Å². The zero-order valence-electron chi connectivity index (χ0n) is 12.4. The number of carbonyl (C=O) groups is 2. The molecule has 0 aromatic heterocycles. The number of carbonyl (C=O) groups excluding carboxylic acids is 2. The van der Waals surface area contributed by atoms with Gasteiger partial charge in [-0.2, -0.15) is 0 Å². The summed E-state index contributed by atoms with van der Waals surface area (Å²) in [6, 6.07) is 11.5. The SMILES string of the molecule is O=C(Nc1cccc(Cl)c1)C1(C(=O)Nc2ccc(Cl)cc2Cl)CC1. The summed E-state index contributed by atoms with van der Waals surface area (Å²) < 4.78 is 0. The van der Waals surface area contributed by atoms with Crippen LogP contribution in [0.25, 0.3) is 0 Å². The normalized spacial score (nSPS) is 14.8. The minimum atomic E-state index is -1.08. The summed E-state index contributed by atoms with van der Waals surface area (Å²) in [6.45, 7) is 0. The lowest BCUT2D eigenvalue weighted by Gasteiger charge is -2.16. The molecule has 1 aliphatic carbocycles. The van der Waals surface area contributed by atoms with Crippen molar-refractivity contribution in [3.63, 3.8) is 0 Å². The van der Waals surface area contributed by atoms with E-state index in [0.29, 0.717) is 39.3 Å². The molecule has 0 bridgehead atoms. The van der Waals surface area contributed by atoms with Crippen molar-refractivity contribution in [2.24, 2.45) is 5.41 Å². The van der Waals surface area contributed by atoms with Crippen LogP contribution in [0.4, 0.5) is 11.4 Å². The van der Waals surface area contributed by atoms with Crippen LogP contribution in [-0.4, -0.2) is 11.8 Å². The Morgan fingerprint density at radius 2 is 1.54 bits per heavy atom. The highest BCUT2D eigenvalue weighted by atomic mass is 35.5. The molecular weight excluding hydrogens is 371 g/mol. The van der Waals surface area contributed by atoms with Crippen LogP contribution in [-0.2, 0) is 9.59 Å². The van der Waals surface area contributed by atoms with Crippen molar-refractivity contribution < 1.29 is 9.59 Å². The van der Waals surface area contributed by atoms with Gasteiger partial charge in [-0.1, -0.05) is 40.9 Å². The highest BCUT2D eigenvalue weighted by molar-refractivity contribution is 6.37. The van der Waals surface area contributed by atoms with Gasteiger partial charge < -0.3 is 10.6 Å². The van der Waals surface area contributed by atoms with Crippen molar-refractivity contribution in [2.75, 3.05) is 10.6 Å². The second kappa shape index (κ2) is 6.63. The summed E-state index contributed by atoms with van der Waals surface area (Å²) >= 11 is 17.8. The molecule has 124 valence electrons. The van der Waals surface area contributed by atoms with Gasteiger partial charge in [0, 0.05) is 15.7 Å². The molecule has 0 atom stereocenters. The van der Waals surface area contributed by atoms with Crippen LogP contribution in [0.1, 0.15) is 12.8 Å². The van der Waals surface area contributed by atoms with E-state index in [1.165, 1.54) is 6.07 Å². The number of rotatable bonds is 4. The van der Waals surface area contributed by atoms with Crippen molar-refractivity contribution >= 4 is 58.0 Å². The molecule has 0 heterocycles. The zero-order chi connectivity index (χ0) is 17.3. The van der Waals surface area contributed by atoms with Crippen molar-refractivity contribution in [1.82, 2.24) is 0 Å². The average Bonchev–Trinajstić information content (AvgIpc) is 3.32. The summed E-state index contributed by atoms with van der Waals surface area (Å²) in [5.74, 6) is -0.737. The number of hydrogen-bond acceptors (Lipinski definition) is 2. The lowest BCUT2D eigenvalue weighted by Crippen LogP contribution is -2.35. The Labute approximate surface area is 154 Å². The quantitative estimate of drug-likeness (QED) is 0.730. The smallest absolute Gasteiger partial charge is 0.240 e. The van der Waals surface area contributed by atoms with E-state index in [2.05, 4.69) is 10.6 Å². The van der Waals surface area contributed by atoms with E-state index in [1.807, 2.05) is 0 Å². The van der Waals surface area contributed by atoms with Crippen molar-refractivity contribution in [2.45, 2.75) is 12.8 Å². The molecule has 0 saturated heterocycles. The second-order valence-corrected chi connectivity index (χ2v) is 6.90. The van der Waals surface area contributed by atoms with Crippen LogP contribution in [0.3, 0.4) is 0 Å². The fraction of sp³-hybridized carbons (Fsp3) is 0.176. The van der Waals surface area contributed by atoms with E-state index in [1.54, 1.807) is 36.4 Å². The van der Waals surface area contributed by atoms with Gasteiger partial charge >= 0.3 is 0 Å². The number of anilines is 2. The molecule has 0 radical (unpaired) electrons. The molecule has 1 saturated carbocycles. The minimum absolute atomic E-state index is 0.321. The maximum Gasteiger partial charge on any atom is 0.240 e. The molecule has 0 aliphatic heterocycles. The van der Waals surface area contributed by atoms with Gasteiger partial charge in [0.25, 0.3) is 0 Å². The van der Waals surface area contributed by atoms with Crippen LogP contribution >= 0.6 is 34.8 Å². The summed E-state index contributed by atoms with van der Waals surface area (Å²) in [7, 11) is 0. The van der Waals surface area contributed by atoms with Crippen LogP contribution in [0.15, 0.2) is 42.5 Å². The number of hydrogen-bond donors (Lipinski definition) is 2. The van der Waals surface area contributed by atoms with Crippen molar-refractivity contribution in [1.29, 1.82) is 0 Å². The van der Waals surface area contributed by atoms with Crippen molar-refractivity contribution in [3.8, 4) is 0 Å². The number of halogens is 3. The Morgan fingerprint density at radius 3 is 2.17 bits per heavy atom. The van der Waals surface area contributed by atoms with Crippen LogP contribution in [0.2, 0.25) is 15.1 Å². The molecule has 3 rings (SSSR count). The largest absolute Gasteiger partial charge is 0.325 e. The Balaban J connectivity index is 1.73. The van der Waals surface area contributed by atoms with Crippen LogP contribution in [0.5, 0.6) is 0 Å². The fourth-order valence-corrected chi connectivity index (χ4v) is 2.98. The number of benzene rings is 2. The third kappa shape index (κ3) is 3.51. The van der Waals surface area contributed by atoms with Crippen LogP contribution < -0.4 is 10.6 Å². The summed E-state index contributed by atoms with van der Waals surface area (Å²) in [5, 5.41) is 6.74. The van der Waals surface area contributed by atoms with Gasteiger partial charge in [-0.15, -0.1) is 0 Å². The first-order valence-corrected chi connectivity index (χ1v) is 8.38. The topological polar surface area (TPSA) is 58.2 Å². The van der Waals surface area contributed by atoms with E-state index in [0.717, 1.165) is 0 Å². The number of amides is 2. The molecule has 2 amide bonds. The standard InChI is InChI=1S/C17H13Cl3N2O2/c18-10-2-1-3-12(8-10)21-15(23)17(6-7-17)16(24)22-14-5-4-11(19)9-13(14)20/h1-5,8-9H,6-7H2,(H,21,23)(H,22,24). The first-order chi connectivity index (χ1) is 11.4. The third-order valence-corrected chi connectivity index (χ3v) is 4.66. The molecule has 2 aromatic rings. The van der Waals surface area contributed by atoms with Crippen molar-refractivity contribution in [3.05, 3.63) is 57.5 Å². The lowest BCUT2D eigenvalue weighted by atomic mass is 10.0. The maximum absolute atomic E-state index is 12.5. The minimum Gasteiger partial charge on any atom is -0.325 e. The Kier molecular flexibility index (Phi) is 4.72. The summed E-state index contributed by atoms with van der Waals surface area (Å²) in [4.78, 5) is 25.1. The van der Waals surface area contributed by atoms with Gasteiger partial charge in [-0.3, -0.25) is 9.59 Å². The first kappa shape index (κ1) is 17.1. The monoisotopic (exact) mass is 382 g/mol. The van der Waals surface area contributed by atoms with E-state index in [9.17, 15) is 9.59 Å². The van der Waals surface area contributed by atoms with Crippen LogP contribution in [0, 0.1) is 5.41 Å². The summed E-state index contributed by atoms with van der Waals surface area (Å²) in [6.07, 6.45) is 0.965. The highest BCUT2D eigenvalue weighted by Crippen LogP contribution is 2.48. The van der Waals surface area contributed by atoms with Gasteiger partial charge in [0.05, 0.1) is 10.7 Å². The maximum atomic E-state index is 12.5. The molecule has 4 nitrogen and oxygen atoms in total. The molecule has 0 unspecified atom stereocenters. The average molecular weight is 384 g/mol. The zero-order valence-corrected chi connectivity index (χ0v) is 14.7. The van der Waals surface area contributed by atoms with Gasteiger partial charge in [0.1, 0.15) is 5.41 Å². The third-order valence-electron chi connectivity index (χ3n) is 3.88. The first-order valence-electron chi connectivity index (χ1n) is 7.24. The summed E-state index contributed by atoms with van der Waals surface area (Å²) in [5.41, 5.74) is -0.102. The predicted octanol–water partition coefficient (Wildman–Crippen LogP) is 5.00. The van der Waals surface area contributed by atoms with Gasteiger partial charge in [-0.25, -0.2) is 0 Å². The molecular formula is C17H13Cl3N2O2. The van der Waals surface area contributed by atoms with E-state index in [4.69, 9.17) is 34.8 Å². The molecule has 2 N–H and O–H groups in total. The predicted molar refractivity (Wildman–Crippen MR) is 96.8 cm³/mol. The Morgan fingerprint density at radius 1 is 0.875 bits per heavy atom. The van der Waals surface area contributed by atoms with E-state index >= 15 is 0 Å². The molecule has 1 aliphatic rings. The Hall–Kier alpha value is -1.75. The molecule has 1 fully saturated rings. The van der Waals surface area contributed by atoms with Gasteiger partial charge in [0.15, 0.2) is 0 Å². The highest BCUT2D eigenvalue weighted by Gasteiger charge is 2.56. The molecule has 7 heteroatoms. The van der Waals surface area contributed by atoms with E-state index in [-0.39, 0.29) is 11.8 Å². The lowest BCUT2D eigenvalue weighted by molar-refractivity contribution is -0.131.